The van der Waals surface area contributed by atoms with E-state index in [-0.39, 0.29) is 21.1 Å². The van der Waals surface area contributed by atoms with E-state index in [1.165, 1.54) is 22.3 Å². The van der Waals surface area contributed by atoms with Gasteiger partial charge in [-0.05, 0) is 64.0 Å². The van der Waals surface area contributed by atoms with Crippen molar-refractivity contribution in [3.05, 3.63) is 161 Å². The third kappa shape index (κ3) is 3.93. The summed E-state index contributed by atoms with van der Waals surface area (Å²) in [6.07, 6.45) is 1.86. The minimum absolute atomic E-state index is 0. The average Bonchev–Trinajstić information content (AvgIpc) is 3.62. The molecular weight excluding hydrogens is 750 g/mol. The number of rotatable bonds is 4. The van der Waals surface area contributed by atoms with Crippen molar-refractivity contribution in [3.63, 3.8) is 0 Å². The Balaban J connectivity index is 0.00000312. The van der Waals surface area contributed by atoms with Crippen LogP contribution in [0, 0.1) is 26.0 Å². The van der Waals surface area contributed by atoms with Crippen LogP contribution < -0.4 is 4.74 Å². The summed E-state index contributed by atoms with van der Waals surface area (Å²) in [5, 5.41) is 10.6. The largest absolute Gasteiger partial charge is 2.00 e. The molecule has 0 saturated heterocycles. The molecule has 7 heteroatoms. The quantitative estimate of drug-likeness (QED) is 0.133. The van der Waals surface area contributed by atoms with Gasteiger partial charge in [0.25, 0.3) is 0 Å². The molecule has 4 heterocycles. The van der Waals surface area contributed by atoms with Crippen molar-refractivity contribution in [2.24, 2.45) is 0 Å². The second-order valence-electron chi connectivity index (χ2n) is 11.4. The van der Waals surface area contributed by atoms with Crippen LogP contribution in [0.3, 0.4) is 0 Å². The Labute approximate surface area is 280 Å². The minimum Gasteiger partial charge on any atom is -0.501 e. The maximum atomic E-state index is 6.59. The molecule has 46 heavy (non-hydrogen) atoms. The van der Waals surface area contributed by atoms with Gasteiger partial charge in [0.05, 0.1) is 22.5 Å². The number of ether oxygens (including phenoxy) is 1. The van der Waals surface area contributed by atoms with Crippen molar-refractivity contribution in [2.45, 2.75) is 19.3 Å². The van der Waals surface area contributed by atoms with Crippen LogP contribution >= 0.6 is 0 Å². The Morgan fingerprint density at radius 1 is 0.717 bits per heavy atom. The van der Waals surface area contributed by atoms with E-state index in [1.807, 2.05) is 60.8 Å². The maximum Gasteiger partial charge on any atom is 2.00 e. The minimum atomic E-state index is -0.668. The molecule has 0 N–H and O–H groups in total. The van der Waals surface area contributed by atoms with Crippen LogP contribution in [0.15, 0.2) is 115 Å². The Morgan fingerprint density at radius 2 is 1.43 bits per heavy atom. The summed E-state index contributed by atoms with van der Waals surface area (Å²) in [4.78, 5) is 9.95. The average molecular weight is 775 g/mol. The topological polar surface area (TPSA) is 65.2 Å². The van der Waals surface area contributed by atoms with E-state index in [0.717, 1.165) is 44.6 Å². The fraction of sp³-hybridized carbons (Fsp3) is 0.0769. The molecule has 1 aliphatic rings. The zero-order chi connectivity index (χ0) is 30.1. The van der Waals surface area contributed by atoms with Crippen molar-refractivity contribution >= 4 is 27.5 Å². The maximum absolute atomic E-state index is 6.59. The van der Waals surface area contributed by atoms with Gasteiger partial charge in [0.15, 0.2) is 0 Å². The zero-order valence-corrected chi connectivity index (χ0v) is 27.2. The molecule has 0 atom stereocenters. The molecule has 6 nitrogen and oxygen atoms in total. The number of para-hydroxylation sites is 1. The van der Waals surface area contributed by atoms with Gasteiger partial charge in [0.1, 0.15) is 5.82 Å². The van der Waals surface area contributed by atoms with Gasteiger partial charge in [0.2, 0.25) is 0 Å². The molecule has 1 aliphatic carbocycles. The first kappa shape index (κ1) is 28.3. The van der Waals surface area contributed by atoms with Gasteiger partial charge in [-0.15, -0.1) is 22.8 Å². The number of benzene rings is 4. The third-order valence-corrected chi connectivity index (χ3v) is 8.92. The van der Waals surface area contributed by atoms with Gasteiger partial charge in [0, 0.05) is 17.5 Å². The monoisotopic (exact) mass is 774 g/mol. The molecular formula is C39H25N5OPt. The van der Waals surface area contributed by atoms with Crippen molar-refractivity contribution < 1.29 is 25.8 Å². The van der Waals surface area contributed by atoms with E-state index in [0.29, 0.717) is 17.1 Å². The summed E-state index contributed by atoms with van der Waals surface area (Å²) < 4.78 is 8.64. The number of pyridine rings is 3. The first-order valence-corrected chi connectivity index (χ1v) is 14.9. The fourth-order valence-electron chi connectivity index (χ4n) is 7.03. The summed E-state index contributed by atoms with van der Waals surface area (Å²) >= 11 is 0. The molecule has 222 valence electrons. The van der Waals surface area contributed by atoms with Crippen molar-refractivity contribution in [1.82, 2.24) is 24.6 Å². The molecule has 4 aromatic heterocycles. The molecule has 9 rings (SSSR count). The molecule has 4 aromatic carbocycles. The molecule has 0 bridgehead atoms. The van der Waals surface area contributed by atoms with Gasteiger partial charge in [-0.2, -0.15) is 17.2 Å². The predicted octanol–water partition coefficient (Wildman–Crippen LogP) is 8.20. The van der Waals surface area contributed by atoms with Crippen LogP contribution in [0.2, 0.25) is 0 Å². The van der Waals surface area contributed by atoms with E-state index >= 15 is 0 Å². The van der Waals surface area contributed by atoms with E-state index in [4.69, 9.17) is 14.7 Å². The van der Waals surface area contributed by atoms with Gasteiger partial charge in [-0.25, -0.2) is 0 Å². The van der Waals surface area contributed by atoms with Crippen LogP contribution in [0.5, 0.6) is 11.5 Å². The van der Waals surface area contributed by atoms with Gasteiger partial charge >= 0.3 is 21.1 Å². The van der Waals surface area contributed by atoms with Crippen molar-refractivity contribution in [2.75, 3.05) is 0 Å². The van der Waals surface area contributed by atoms with Crippen molar-refractivity contribution in [3.8, 4) is 22.6 Å². The Bertz CT molecular complexity index is 2410. The van der Waals surface area contributed by atoms with Crippen LogP contribution in [0.4, 0.5) is 0 Å². The molecule has 0 radical (unpaired) electrons. The predicted molar refractivity (Wildman–Crippen MR) is 175 cm³/mol. The fourth-order valence-corrected chi connectivity index (χ4v) is 7.03. The first-order chi connectivity index (χ1) is 22.1. The van der Waals surface area contributed by atoms with E-state index < -0.39 is 5.41 Å². The number of aromatic nitrogens is 5. The van der Waals surface area contributed by atoms with Gasteiger partial charge in [-0.3, -0.25) is 4.98 Å². The first-order valence-electron chi connectivity index (χ1n) is 14.9. The molecule has 8 aromatic rings. The summed E-state index contributed by atoms with van der Waals surface area (Å²) in [5.41, 5.74) is 9.20. The normalized spacial score (nSPS) is 13.0. The molecule has 0 aliphatic heterocycles. The second kappa shape index (κ2) is 10.7. The number of nitrogens with zero attached hydrogens (tertiary/aromatic N) is 5. The third-order valence-electron chi connectivity index (χ3n) is 8.92. The van der Waals surface area contributed by atoms with E-state index in [2.05, 4.69) is 95.1 Å². The second-order valence-corrected chi connectivity index (χ2v) is 11.4. The van der Waals surface area contributed by atoms with Crippen LogP contribution in [0.25, 0.3) is 38.6 Å². The molecule has 0 spiro atoms. The number of fused-ring (bicyclic) bond motifs is 9. The number of hydrogen-bond donors (Lipinski definition) is 0. The molecule has 0 unspecified atom stereocenters. The Kier molecular flexibility index (Phi) is 6.59. The van der Waals surface area contributed by atoms with Crippen LogP contribution in [-0.4, -0.2) is 24.6 Å². The van der Waals surface area contributed by atoms with Gasteiger partial charge < -0.3 is 14.1 Å². The Hall–Kier alpha value is -5.19. The van der Waals surface area contributed by atoms with Crippen LogP contribution in [-0.2, 0) is 26.5 Å². The SMILES string of the molecule is Cc1nc2c([c-]c1Oc1[c-]c(C3(c4ccccn4)c4ccccc4-c4ccccc43)ccc1)c1nnc(C)n1c1ccccc21.[Pt+2]. The zero-order valence-electron chi connectivity index (χ0n) is 24.9. The van der Waals surface area contributed by atoms with Crippen molar-refractivity contribution in [1.29, 1.82) is 0 Å². The molecule has 0 fully saturated rings. The summed E-state index contributed by atoms with van der Waals surface area (Å²) in [5.74, 6) is 1.89. The summed E-state index contributed by atoms with van der Waals surface area (Å²) in [7, 11) is 0. The van der Waals surface area contributed by atoms with Gasteiger partial charge in [-0.1, -0.05) is 91.2 Å². The molecule has 0 saturated carbocycles. The smallest absolute Gasteiger partial charge is 0.501 e. The molecule has 0 amide bonds. The van der Waals surface area contributed by atoms with Crippen LogP contribution in [0.1, 0.15) is 33.9 Å². The number of aryl methyl sites for hydroxylation is 2. The summed E-state index contributed by atoms with van der Waals surface area (Å²) in [6.45, 7) is 3.90. The Morgan fingerprint density at radius 3 is 2.20 bits per heavy atom. The van der Waals surface area contributed by atoms with E-state index in [1.54, 1.807) is 0 Å². The standard InChI is InChI=1S/C39H25N5O.Pt/c1-24-35(23-31-37(41-24)30-16-5-8-19-34(30)44-25(2)42-43-38(31)44)45-27-13-11-12-26(22-27)39(36-20-9-10-21-40-36)32-17-6-3-14-28(32)29-15-4-7-18-33(29)39;/h3-21H,1-2H3;/q-2;+2. The summed E-state index contributed by atoms with van der Waals surface area (Å²) in [6, 6.07) is 44.7. The number of hydrogen-bond acceptors (Lipinski definition) is 5. The van der Waals surface area contributed by atoms with E-state index in [9.17, 15) is 0 Å².